The van der Waals surface area contributed by atoms with E-state index in [2.05, 4.69) is 19.2 Å². The van der Waals surface area contributed by atoms with Gasteiger partial charge in [0.1, 0.15) is 0 Å². The minimum atomic E-state index is 0.523. The van der Waals surface area contributed by atoms with E-state index in [0.29, 0.717) is 12.0 Å². The highest BCUT2D eigenvalue weighted by molar-refractivity contribution is 5.04. The van der Waals surface area contributed by atoms with Gasteiger partial charge >= 0.3 is 0 Å². The molecule has 0 radical (unpaired) electrons. The van der Waals surface area contributed by atoms with Crippen molar-refractivity contribution in [2.75, 3.05) is 40.0 Å². The van der Waals surface area contributed by atoms with Gasteiger partial charge in [-0.05, 0) is 55.4 Å². The Labute approximate surface area is 118 Å². The van der Waals surface area contributed by atoms with Crippen molar-refractivity contribution in [3.8, 4) is 0 Å². The minimum absolute atomic E-state index is 0.523. The number of fused-ring (bicyclic) bond motifs is 1. The molecule has 0 aromatic heterocycles. The second-order valence-electron chi connectivity index (χ2n) is 7.04. The zero-order valence-corrected chi connectivity index (χ0v) is 12.9. The average Bonchev–Trinajstić information content (AvgIpc) is 2.97. The van der Waals surface area contributed by atoms with Crippen molar-refractivity contribution in [3.05, 3.63) is 0 Å². The van der Waals surface area contributed by atoms with Crippen LogP contribution in [0.25, 0.3) is 0 Å². The van der Waals surface area contributed by atoms with E-state index < -0.39 is 0 Å². The molecule has 0 bridgehead atoms. The zero-order valence-electron chi connectivity index (χ0n) is 12.9. The quantitative estimate of drug-likeness (QED) is 0.619. The van der Waals surface area contributed by atoms with Crippen molar-refractivity contribution >= 4 is 0 Å². The largest absolute Gasteiger partial charge is 0.382 e. The zero-order chi connectivity index (χ0) is 13.7. The first-order chi connectivity index (χ1) is 9.15. The van der Waals surface area contributed by atoms with E-state index in [1.807, 2.05) is 0 Å². The van der Waals surface area contributed by atoms with Crippen molar-refractivity contribution in [3.63, 3.8) is 0 Å². The lowest BCUT2D eigenvalue weighted by molar-refractivity contribution is 0.0490. The van der Waals surface area contributed by atoms with E-state index in [1.54, 1.807) is 7.11 Å². The maximum atomic E-state index is 5.69. The van der Waals surface area contributed by atoms with Gasteiger partial charge in [-0.2, -0.15) is 0 Å². The fourth-order valence-electron chi connectivity index (χ4n) is 3.60. The number of hydrogen-bond acceptors (Lipinski definition) is 3. The third-order valence-corrected chi connectivity index (χ3v) is 4.72. The summed E-state index contributed by atoms with van der Waals surface area (Å²) in [6, 6.07) is 0. The summed E-state index contributed by atoms with van der Waals surface area (Å²) in [7, 11) is 1.73. The van der Waals surface area contributed by atoms with E-state index in [0.717, 1.165) is 37.5 Å². The van der Waals surface area contributed by atoms with Gasteiger partial charge in [0.05, 0.1) is 13.2 Å². The topological polar surface area (TPSA) is 30.5 Å². The summed E-state index contributed by atoms with van der Waals surface area (Å²) in [6.45, 7) is 9.22. The number of ether oxygens (including phenoxy) is 2. The smallest absolute Gasteiger partial charge is 0.0700 e. The van der Waals surface area contributed by atoms with Gasteiger partial charge in [0.15, 0.2) is 0 Å². The fourth-order valence-corrected chi connectivity index (χ4v) is 3.60. The van der Waals surface area contributed by atoms with Crippen molar-refractivity contribution in [2.45, 2.75) is 39.5 Å². The predicted molar refractivity (Wildman–Crippen MR) is 78.3 cm³/mol. The second-order valence-corrected chi connectivity index (χ2v) is 7.04. The molecule has 0 aromatic carbocycles. The van der Waals surface area contributed by atoms with Crippen molar-refractivity contribution in [1.29, 1.82) is 0 Å². The molecule has 2 fully saturated rings. The van der Waals surface area contributed by atoms with Crippen molar-refractivity contribution in [1.82, 2.24) is 5.32 Å². The Kier molecular flexibility index (Phi) is 5.67. The molecule has 0 heterocycles. The van der Waals surface area contributed by atoms with Crippen LogP contribution in [0.1, 0.15) is 39.5 Å². The number of nitrogens with one attached hydrogen (secondary N) is 1. The molecular formula is C16H31NO2. The summed E-state index contributed by atoms with van der Waals surface area (Å²) >= 11 is 0. The lowest BCUT2D eigenvalue weighted by Gasteiger charge is -2.31. The third-order valence-electron chi connectivity index (χ3n) is 4.72. The predicted octanol–water partition coefficient (Wildman–Crippen LogP) is 2.70. The van der Waals surface area contributed by atoms with Gasteiger partial charge < -0.3 is 14.8 Å². The first kappa shape index (κ1) is 15.3. The summed E-state index contributed by atoms with van der Waals surface area (Å²) < 4.78 is 10.7. The molecule has 3 heteroatoms. The van der Waals surface area contributed by atoms with Crippen LogP contribution < -0.4 is 5.32 Å². The maximum absolute atomic E-state index is 5.69. The summed E-state index contributed by atoms with van der Waals surface area (Å²) in [5, 5.41) is 3.68. The van der Waals surface area contributed by atoms with E-state index >= 15 is 0 Å². The Morgan fingerprint density at radius 1 is 1.16 bits per heavy atom. The van der Waals surface area contributed by atoms with Crippen LogP contribution >= 0.6 is 0 Å². The van der Waals surface area contributed by atoms with Gasteiger partial charge in [0, 0.05) is 20.3 Å². The normalized spacial score (nSPS) is 32.8. The first-order valence-corrected chi connectivity index (χ1v) is 7.92. The van der Waals surface area contributed by atoms with Crippen molar-refractivity contribution < 1.29 is 9.47 Å². The first-order valence-electron chi connectivity index (χ1n) is 7.92. The lowest BCUT2D eigenvalue weighted by Crippen LogP contribution is -2.36. The standard InChI is InChI=1S/C16H31NO2/c1-13(2)11-17-12-16(4-5-19-7-6-18-3)9-14-8-15(14)10-16/h13-15,17H,4-12H2,1-3H3. The van der Waals surface area contributed by atoms with Crippen LogP contribution in [0.3, 0.4) is 0 Å². The summed E-state index contributed by atoms with van der Waals surface area (Å²) in [6.07, 6.45) is 5.57. The highest BCUT2D eigenvalue weighted by atomic mass is 16.5. The maximum Gasteiger partial charge on any atom is 0.0700 e. The monoisotopic (exact) mass is 269 g/mol. The molecule has 0 aromatic rings. The third kappa shape index (κ3) is 4.73. The molecule has 0 amide bonds. The van der Waals surface area contributed by atoms with Gasteiger partial charge in [-0.3, -0.25) is 0 Å². The summed E-state index contributed by atoms with van der Waals surface area (Å²) in [4.78, 5) is 0. The summed E-state index contributed by atoms with van der Waals surface area (Å²) in [5.74, 6) is 2.82. The molecule has 2 aliphatic carbocycles. The molecule has 19 heavy (non-hydrogen) atoms. The van der Waals surface area contributed by atoms with Gasteiger partial charge in [0.2, 0.25) is 0 Å². The molecule has 112 valence electrons. The van der Waals surface area contributed by atoms with E-state index in [9.17, 15) is 0 Å². The highest BCUT2D eigenvalue weighted by Gasteiger charge is 2.52. The molecule has 2 rings (SSSR count). The van der Waals surface area contributed by atoms with Crippen LogP contribution in [0.2, 0.25) is 0 Å². The Hall–Kier alpha value is -0.120. The van der Waals surface area contributed by atoms with Crippen molar-refractivity contribution in [2.24, 2.45) is 23.2 Å². The summed E-state index contributed by atoms with van der Waals surface area (Å²) in [5.41, 5.74) is 0.523. The van der Waals surface area contributed by atoms with Gasteiger partial charge in [-0.1, -0.05) is 13.8 Å². The van der Waals surface area contributed by atoms with Crippen LogP contribution in [0.15, 0.2) is 0 Å². The molecule has 2 saturated carbocycles. The molecule has 0 aliphatic heterocycles. The molecule has 0 spiro atoms. The van der Waals surface area contributed by atoms with E-state index in [4.69, 9.17) is 9.47 Å². The molecule has 2 unspecified atom stereocenters. The second kappa shape index (κ2) is 7.05. The van der Waals surface area contributed by atoms with Crippen LogP contribution in [-0.2, 0) is 9.47 Å². The van der Waals surface area contributed by atoms with Gasteiger partial charge in [-0.15, -0.1) is 0 Å². The average molecular weight is 269 g/mol. The number of rotatable bonds is 10. The minimum Gasteiger partial charge on any atom is -0.382 e. The van der Waals surface area contributed by atoms with Crippen LogP contribution in [0.5, 0.6) is 0 Å². The van der Waals surface area contributed by atoms with Crippen LogP contribution in [0.4, 0.5) is 0 Å². The van der Waals surface area contributed by atoms with E-state index in [1.165, 1.54) is 32.2 Å². The molecule has 1 N–H and O–H groups in total. The van der Waals surface area contributed by atoms with Crippen LogP contribution in [0, 0.1) is 23.2 Å². The fraction of sp³-hybridized carbons (Fsp3) is 1.00. The Bertz CT molecular complexity index is 257. The molecule has 3 nitrogen and oxygen atoms in total. The highest BCUT2D eigenvalue weighted by Crippen LogP contribution is 2.60. The Balaban J connectivity index is 1.69. The number of hydrogen-bond donors (Lipinski definition) is 1. The molecule has 2 atom stereocenters. The molecular weight excluding hydrogens is 238 g/mol. The van der Waals surface area contributed by atoms with Gasteiger partial charge in [0.25, 0.3) is 0 Å². The van der Waals surface area contributed by atoms with Crippen LogP contribution in [-0.4, -0.2) is 40.0 Å². The van der Waals surface area contributed by atoms with Gasteiger partial charge in [-0.25, -0.2) is 0 Å². The lowest BCUT2D eigenvalue weighted by atomic mass is 9.80. The van der Waals surface area contributed by atoms with E-state index in [-0.39, 0.29) is 0 Å². The SMILES string of the molecule is COCCOCCC1(CNCC(C)C)CC2CC2C1. The Morgan fingerprint density at radius 2 is 1.89 bits per heavy atom. The number of methoxy groups -OCH3 is 1. The Morgan fingerprint density at radius 3 is 2.53 bits per heavy atom. The molecule has 0 saturated heterocycles. The molecule has 2 aliphatic rings.